The van der Waals surface area contributed by atoms with Crippen molar-refractivity contribution in [3.63, 3.8) is 0 Å². The van der Waals surface area contributed by atoms with E-state index in [9.17, 15) is 9.59 Å². The minimum Gasteiger partial charge on any atom is -0.376 e. The zero-order valence-corrected chi connectivity index (χ0v) is 13.1. The second kappa shape index (κ2) is 8.58. The molecule has 0 saturated carbocycles. The molecule has 0 spiro atoms. The number of hydrogen-bond donors (Lipinski definition) is 3. The molecule has 3 N–H and O–H groups in total. The Morgan fingerprint density at radius 2 is 1.65 bits per heavy atom. The van der Waals surface area contributed by atoms with Crippen LogP contribution in [-0.4, -0.2) is 25.0 Å². The van der Waals surface area contributed by atoms with Gasteiger partial charge in [-0.2, -0.15) is 0 Å². The number of nitrogens with one attached hydrogen (secondary N) is 3. The molecule has 0 fully saturated rings. The average Bonchev–Trinajstić information content (AvgIpc) is 2.59. The quantitative estimate of drug-likeness (QED) is 0.768. The Hall–Kier alpha value is -2.82. The van der Waals surface area contributed by atoms with Gasteiger partial charge in [0.15, 0.2) is 0 Å². The third-order valence-electron chi connectivity index (χ3n) is 3.24. The zero-order valence-electron chi connectivity index (χ0n) is 13.1. The molecule has 5 heteroatoms. The predicted octanol–water partition coefficient (Wildman–Crippen LogP) is 3.00. The molecule has 3 amide bonds. The van der Waals surface area contributed by atoms with Crippen molar-refractivity contribution in [3.05, 3.63) is 54.6 Å². The number of imide groups is 1. The minimum atomic E-state index is -0.463. The molecular formula is C18H21N3O2. The molecule has 0 aliphatic carbocycles. The molecule has 0 heterocycles. The van der Waals surface area contributed by atoms with E-state index >= 15 is 0 Å². The molecule has 0 saturated heterocycles. The van der Waals surface area contributed by atoms with Crippen LogP contribution in [0.15, 0.2) is 54.6 Å². The van der Waals surface area contributed by atoms with E-state index in [1.54, 1.807) is 0 Å². The summed E-state index contributed by atoms with van der Waals surface area (Å²) in [5, 5.41) is 7.97. The number of anilines is 1. The Labute approximate surface area is 136 Å². The largest absolute Gasteiger partial charge is 0.376 e. The van der Waals surface area contributed by atoms with E-state index < -0.39 is 6.03 Å². The van der Waals surface area contributed by atoms with Gasteiger partial charge in [-0.3, -0.25) is 10.1 Å². The number of urea groups is 1. The highest BCUT2D eigenvalue weighted by Crippen LogP contribution is 2.27. The molecule has 0 aliphatic rings. The first-order valence-corrected chi connectivity index (χ1v) is 7.66. The van der Waals surface area contributed by atoms with E-state index in [1.165, 1.54) is 0 Å². The van der Waals surface area contributed by atoms with Crippen LogP contribution in [0.4, 0.5) is 10.5 Å². The molecule has 0 aromatic heterocycles. The molecule has 23 heavy (non-hydrogen) atoms. The second-order valence-electron chi connectivity index (χ2n) is 5.07. The maximum Gasteiger partial charge on any atom is 0.321 e. The summed E-state index contributed by atoms with van der Waals surface area (Å²) >= 11 is 0. The molecule has 0 unspecified atom stereocenters. The van der Waals surface area contributed by atoms with Crippen LogP contribution >= 0.6 is 0 Å². The summed E-state index contributed by atoms with van der Waals surface area (Å²) in [7, 11) is 0. The molecule has 0 atom stereocenters. The Kier molecular flexibility index (Phi) is 6.17. The Balaban J connectivity index is 1.96. The standard InChI is InChI=1S/C18H21N3O2/c1-2-12-19-18(23)21-17(22)13-20-16-11-7-6-10-15(16)14-8-4-3-5-9-14/h3-11,20H,2,12-13H2,1H3,(H2,19,21,22,23). The van der Waals surface area contributed by atoms with Gasteiger partial charge in [-0.15, -0.1) is 0 Å². The average molecular weight is 311 g/mol. The van der Waals surface area contributed by atoms with Crippen molar-refractivity contribution in [1.82, 2.24) is 10.6 Å². The van der Waals surface area contributed by atoms with Crippen LogP contribution in [0.25, 0.3) is 11.1 Å². The van der Waals surface area contributed by atoms with Gasteiger partial charge in [-0.1, -0.05) is 55.5 Å². The highest BCUT2D eigenvalue weighted by molar-refractivity contribution is 5.96. The van der Waals surface area contributed by atoms with E-state index in [-0.39, 0.29) is 12.5 Å². The van der Waals surface area contributed by atoms with Crippen molar-refractivity contribution in [1.29, 1.82) is 0 Å². The van der Waals surface area contributed by atoms with Gasteiger partial charge < -0.3 is 10.6 Å². The first kappa shape index (κ1) is 16.5. The highest BCUT2D eigenvalue weighted by atomic mass is 16.2. The summed E-state index contributed by atoms with van der Waals surface area (Å²) in [6.45, 7) is 2.52. The Bertz CT molecular complexity index is 656. The molecule has 5 nitrogen and oxygen atoms in total. The van der Waals surface area contributed by atoms with Crippen LogP contribution in [0.3, 0.4) is 0 Å². The van der Waals surface area contributed by atoms with Gasteiger partial charge in [-0.05, 0) is 18.1 Å². The van der Waals surface area contributed by atoms with Crippen molar-refractivity contribution in [2.24, 2.45) is 0 Å². The fourth-order valence-corrected chi connectivity index (χ4v) is 2.14. The number of amides is 3. The fourth-order valence-electron chi connectivity index (χ4n) is 2.14. The molecule has 0 aliphatic heterocycles. The maximum absolute atomic E-state index is 11.8. The van der Waals surface area contributed by atoms with Gasteiger partial charge in [0, 0.05) is 17.8 Å². The zero-order chi connectivity index (χ0) is 16.5. The summed E-state index contributed by atoms with van der Waals surface area (Å²) in [4.78, 5) is 23.2. The molecule has 2 aromatic carbocycles. The number of benzene rings is 2. The van der Waals surface area contributed by atoms with Crippen LogP contribution in [0, 0.1) is 0 Å². The van der Waals surface area contributed by atoms with Crippen molar-refractivity contribution in [3.8, 4) is 11.1 Å². The number of rotatable bonds is 6. The lowest BCUT2D eigenvalue weighted by Gasteiger charge is -2.12. The fraction of sp³-hybridized carbons (Fsp3) is 0.222. The van der Waals surface area contributed by atoms with Crippen LogP contribution in [0.2, 0.25) is 0 Å². The summed E-state index contributed by atoms with van der Waals surface area (Å²) in [5.74, 6) is -0.374. The van der Waals surface area contributed by atoms with Crippen molar-refractivity contribution >= 4 is 17.6 Å². The lowest BCUT2D eigenvalue weighted by atomic mass is 10.0. The van der Waals surface area contributed by atoms with Gasteiger partial charge in [0.05, 0.1) is 6.54 Å². The summed E-state index contributed by atoms with van der Waals surface area (Å²) in [5.41, 5.74) is 2.93. The van der Waals surface area contributed by atoms with E-state index in [0.29, 0.717) is 6.54 Å². The normalized spacial score (nSPS) is 9.96. The topological polar surface area (TPSA) is 70.2 Å². The van der Waals surface area contributed by atoms with Crippen LogP contribution in [-0.2, 0) is 4.79 Å². The molecule has 0 bridgehead atoms. The SMILES string of the molecule is CCCNC(=O)NC(=O)CNc1ccccc1-c1ccccc1. The second-order valence-corrected chi connectivity index (χ2v) is 5.07. The van der Waals surface area contributed by atoms with E-state index in [0.717, 1.165) is 23.2 Å². The summed E-state index contributed by atoms with van der Waals surface area (Å²) < 4.78 is 0. The lowest BCUT2D eigenvalue weighted by Crippen LogP contribution is -2.42. The summed E-state index contributed by atoms with van der Waals surface area (Å²) in [6, 6.07) is 17.2. The van der Waals surface area contributed by atoms with Crippen LogP contribution in [0.1, 0.15) is 13.3 Å². The first-order chi connectivity index (χ1) is 11.2. The van der Waals surface area contributed by atoms with Gasteiger partial charge >= 0.3 is 6.03 Å². The number of para-hydroxylation sites is 1. The number of hydrogen-bond acceptors (Lipinski definition) is 3. The van der Waals surface area contributed by atoms with E-state index in [1.807, 2.05) is 61.5 Å². The van der Waals surface area contributed by atoms with Gasteiger partial charge in [0.1, 0.15) is 0 Å². The van der Waals surface area contributed by atoms with Crippen LogP contribution < -0.4 is 16.0 Å². The van der Waals surface area contributed by atoms with Crippen LogP contribution in [0.5, 0.6) is 0 Å². The smallest absolute Gasteiger partial charge is 0.321 e. The predicted molar refractivity (Wildman–Crippen MR) is 92.2 cm³/mol. The molecule has 2 aromatic rings. The minimum absolute atomic E-state index is 0.0311. The summed E-state index contributed by atoms with van der Waals surface area (Å²) in [6.07, 6.45) is 0.824. The highest BCUT2D eigenvalue weighted by Gasteiger charge is 2.08. The number of carbonyl (C=O) groups excluding carboxylic acids is 2. The molecule has 2 rings (SSSR count). The Morgan fingerprint density at radius 3 is 2.39 bits per heavy atom. The van der Waals surface area contributed by atoms with Gasteiger partial charge in [0.2, 0.25) is 5.91 Å². The Morgan fingerprint density at radius 1 is 0.957 bits per heavy atom. The monoisotopic (exact) mass is 311 g/mol. The van der Waals surface area contributed by atoms with Crippen molar-refractivity contribution in [2.75, 3.05) is 18.4 Å². The van der Waals surface area contributed by atoms with Gasteiger partial charge in [-0.25, -0.2) is 4.79 Å². The van der Waals surface area contributed by atoms with E-state index in [4.69, 9.17) is 0 Å². The van der Waals surface area contributed by atoms with E-state index in [2.05, 4.69) is 16.0 Å². The molecular weight excluding hydrogens is 290 g/mol. The molecule has 120 valence electrons. The number of carbonyl (C=O) groups is 2. The maximum atomic E-state index is 11.8. The van der Waals surface area contributed by atoms with Crippen molar-refractivity contribution < 1.29 is 9.59 Å². The third kappa shape index (κ3) is 5.14. The van der Waals surface area contributed by atoms with Gasteiger partial charge in [0.25, 0.3) is 0 Å². The lowest BCUT2D eigenvalue weighted by molar-refractivity contribution is -0.118. The molecule has 0 radical (unpaired) electrons. The third-order valence-corrected chi connectivity index (χ3v) is 3.24. The van der Waals surface area contributed by atoms with Crippen molar-refractivity contribution in [2.45, 2.75) is 13.3 Å². The first-order valence-electron chi connectivity index (χ1n) is 7.66.